The van der Waals surface area contributed by atoms with Crippen molar-refractivity contribution < 1.29 is 9.53 Å². The monoisotopic (exact) mass is 381 g/mol. The van der Waals surface area contributed by atoms with E-state index in [0.717, 1.165) is 65.0 Å². The number of likely N-dealkylation sites (tertiary alicyclic amines) is 2. The minimum atomic E-state index is -0.0185. The molecule has 1 unspecified atom stereocenters. The van der Waals surface area contributed by atoms with Gasteiger partial charge in [-0.2, -0.15) is 5.26 Å². The lowest BCUT2D eigenvalue weighted by Gasteiger charge is -2.46. The van der Waals surface area contributed by atoms with Crippen LogP contribution in [0.4, 0.5) is 0 Å². The molecule has 0 aliphatic carbocycles. The Morgan fingerprint density at radius 2 is 1.86 bits per heavy atom. The fraction of sp³-hybridized carbons (Fsp3) is 0.652. The summed E-state index contributed by atoms with van der Waals surface area (Å²) in [5, 5.41) is 8.93. The summed E-state index contributed by atoms with van der Waals surface area (Å²) in [6.07, 6.45) is 7.21. The second kappa shape index (κ2) is 8.63. The molecule has 1 amide bonds. The van der Waals surface area contributed by atoms with Gasteiger partial charge in [0, 0.05) is 45.8 Å². The molecular formula is C23H31N3O2. The molecule has 3 heterocycles. The zero-order valence-electron chi connectivity index (χ0n) is 16.7. The minimum Gasteiger partial charge on any atom is -0.375 e. The molecule has 1 aromatic rings. The second-order valence-corrected chi connectivity index (χ2v) is 8.77. The van der Waals surface area contributed by atoms with Gasteiger partial charge < -0.3 is 9.64 Å². The van der Waals surface area contributed by atoms with Gasteiger partial charge in [-0.1, -0.05) is 12.1 Å². The lowest BCUT2D eigenvalue weighted by atomic mass is 9.78. The molecule has 0 aromatic heterocycles. The molecule has 0 bridgehead atoms. The van der Waals surface area contributed by atoms with Gasteiger partial charge in [-0.15, -0.1) is 0 Å². The van der Waals surface area contributed by atoms with Crippen LogP contribution in [0.3, 0.4) is 0 Å². The molecule has 5 nitrogen and oxygen atoms in total. The highest BCUT2D eigenvalue weighted by molar-refractivity contribution is 5.76. The first kappa shape index (κ1) is 19.4. The summed E-state index contributed by atoms with van der Waals surface area (Å²) in [6.45, 7) is 5.71. The summed E-state index contributed by atoms with van der Waals surface area (Å²) < 4.78 is 6.28. The van der Waals surface area contributed by atoms with Gasteiger partial charge in [-0.05, 0) is 62.1 Å². The number of nitriles is 1. The number of ether oxygens (including phenoxy) is 1. The average molecular weight is 382 g/mol. The standard InChI is InChI=1S/C23H31N3O2/c24-17-19-3-5-20(6-4-19)18-25-12-8-23(9-13-25)16-21(7-14-28-23)15-22(27)26-10-1-2-11-26/h3-6,21H,1-2,7-16,18H2. The van der Waals surface area contributed by atoms with E-state index in [9.17, 15) is 4.79 Å². The van der Waals surface area contributed by atoms with Crippen LogP contribution in [0.25, 0.3) is 0 Å². The highest BCUT2D eigenvalue weighted by Crippen LogP contribution is 2.39. The molecule has 1 aromatic carbocycles. The third kappa shape index (κ3) is 4.56. The number of amides is 1. The maximum atomic E-state index is 12.5. The number of hydrogen-bond donors (Lipinski definition) is 0. The van der Waals surface area contributed by atoms with Crippen LogP contribution in [0.1, 0.15) is 56.1 Å². The molecule has 5 heteroatoms. The van der Waals surface area contributed by atoms with Crippen LogP contribution in [-0.4, -0.2) is 54.1 Å². The van der Waals surface area contributed by atoms with Crippen molar-refractivity contribution in [1.29, 1.82) is 5.26 Å². The average Bonchev–Trinajstić information content (AvgIpc) is 3.26. The lowest BCUT2D eigenvalue weighted by molar-refractivity contribution is -0.141. The highest BCUT2D eigenvalue weighted by Gasteiger charge is 2.41. The van der Waals surface area contributed by atoms with E-state index in [4.69, 9.17) is 10.00 Å². The molecule has 3 fully saturated rings. The summed E-state index contributed by atoms with van der Waals surface area (Å²) in [4.78, 5) is 17.1. The fourth-order valence-electron chi connectivity index (χ4n) is 5.06. The highest BCUT2D eigenvalue weighted by atomic mass is 16.5. The van der Waals surface area contributed by atoms with Crippen LogP contribution < -0.4 is 0 Å². The number of rotatable bonds is 4. The topological polar surface area (TPSA) is 56.6 Å². The maximum absolute atomic E-state index is 12.5. The van der Waals surface area contributed by atoms with Gasteiger partial charge in [0.15, 0.2) is 0 Å². The summed E-state index contributed by atoms with van der Waals surface area (Å²) in [7, 11) is 0. The summed E-state index contributed by atoms with van der Waals surface area (Å²) in [5.74, 6) is 0.838. The number of carbonyl (C=O) groups is 1. The Morgan fingerprint density at radius 1 is 1.14 bits per heavy atom. The fourth-order valence-corrected chi connectivity index (χ4v) is 5.06. The van der Waals surface area contributed by atoms with Gasteiger partial charge in [-0.3, -0.25) is 9.69 Å². The molecule has 0 N–H and O–H groups in total. The van der Waals surface area contributed by atoms with E-state index in [1.165, 1.54) is 18.4 Å². The first-order valence-electron chi connectivity index (χ1n) is 10.8. The molecule has 150 valence electrons. The zero-order chi connectivity index (χ0) is 19.4. The van der Waals surface area contributed by atoms with Gasteiger partial charge in [0.2, 0.25) is 5.91 Å². The van der Waals surface area contributed by atoms with Gasteiger partial charge in [0.1, 0.15) is 0 Å². The third-order valence-electron chi connectivity index (χ3n) is 6.77. The summed E-state index contributed by atoms with van der Waals surface area (Å²) >= 11 is 0. The smallest absolute Gasteiger partial charge is 0.222 e. The van der Waals surface area contributed by atoms with Gasteiger partial charge in [-0.25, -0.2) is 0 Å². The van der Waals surface area contributed by atoms with Crippen LogP contribution >= 0.6 is 0 Å². The number of benzene rings is 1. The van der Waals surface area contributed by atoms with Gasteiger partial charge in [0.25, 0.3) is 0 Å². The normalized spacial score (nSPS) is 25.0. The van der Waals surface area contributed by atoms with E-state index in [2.05, 4.69) is 28.0 Å². The molecule has 1 atom stereocenters. The first-order chi connectivity index (χ1) is 13.7. The summed E-state index contributed by atoms with van der Waals surface area (Å²) in [6, 6.07) is 10.1. The Balaban J connectivity index is 1.27. The van der Waals surface area contributed by atoms with Crippen molar-refractivity contribution in [2.45, 2.75) is 57.1 Å². The number of nitrogens with zero attached hydrogens (tertiary/aromatic N) is 3. The van der Waals surface area contributed by atoms with Crippen molar-refractivity contribution in [3.8, 4) is 6.07 Å². The number of hydrogen-bond acceptors (Lipinski definition) is 4. The summed E-state index contributed by atoms with van der Waals surface area (Å²) in [5.41, 5.74) is 1.95. The van der Waals surface area contributed by atoms with E-state index in [1.807, 2.05) is 12.1 Å². The molecule has 3 aliphatic heterocycles. The predicted octanol–water partition coefficient (Wildman–Crippen LogP) is 3.33. The molecule has 1 spiro atoms. The van der Waals surface area contributed by atoms with E-state index < -0.39 is 0 Å². The first-order valence-corrected chi connectivity index (χ1v) is 10.8. The lowest BCUT2D eigenvalue weighted by Crippen LogP contribution is -2.49. The molecule has 3 saturated heterocycles. The van der Waals surface area contributed by atoms with E-state index in [0.29, 0.717) is 23.8 Å². The van der Waals surface area contributed by atoms with Crippen molar-refractivity contribution in [3.05, 3.63) is 35.4 Å². The SMILES string of the molecule is N#Cc1ccc(CN2CCC3(CC2)CC(CC(=O)N2CCCC2)CCO3)cc1. The van der Waals surface area contributed by atoms with Gasteiger partial charge >= 0.3 is 0 Å². The minimum absolute atomic E-state index is 0.0185. The largest absolute Gasteiger partial charge is 0.375 e. The second-order valence-electron chi connectivity index (χ2n) is 8.77. The number of carbonyl (C=O) groups excluding carboxylic acids is 1. The number of piperidine rings is 1. The van der Waals surface area contributed by atoms with E-state index in [-0.39, 0.29) is 5.60 Å². The molecular weight excluding hydrogens is 350 g/mol. The van der Waals surface area contributed by atoms with Crippen LogP contribution in [0.2, 0.25) is 0 Å². The van der Waals surface area contributed by atoms with Crippen molar-refractivity contribution >= 4 is 5.91 Å². The Hall–Kier alpha value is -1.90. The molecule has 4 rings (SSSR count). The van der Waals surface area contributed by atoms with Crippen molar-refractivity contribution in [1.82, 2.24) is 9.80 Å². The van der Waals surface area contributed by atoms with Crippen molar-refractivity contribution in [3.63, 3.8) is 0 Å². The Labute approximate surface area is 168 Å². The molecule has 28 heavy (non-hydrogen) atoms. The van der Waals surface area contributed by atoms with E-state index in [1.54, 1.807) is 0 Å². The van der Waals surface area contributed by atoms with Crippen molar-refractivity contribution in [2.75, 3.05) is 32.8 Å². The Morgan fingerprint density at radius 3 is 2.54 bits per heavy atom. The Bertz CT molecular complexity index is 710. The van der Waals surface area contributed by atoms with Gasteiger partial charge in [0.05, 0.1) is 17.2 Å². The molecule has 3 aliphatic rings. The van der Waals surface area contributed by atoms with Crippen molar-refractivity contribution in [2.24, 2.45) is 5.92 Å². The molecule has 0 saturated carbocycles. The predicted molar refractivity (Wildman–Crippen MR) is 108 cm³/mol. The molecule has 0 radical (unpaired) electrons. The zero-order valence-corrected chi connectivity index (χ0v) is 16.7. The van der Waals surface area contributed by atoms with Crippen LogP contribution in [0.15, 0.2) is 24.3 Å². The van der Waals surface area contributed by atoms with Crippen LogP contribution in [0.5, 0.6) is 0 Å². The van der Waals surface area contributed by atoms with Crippen LogP contribution in [-0.2, 0) is 16.1 Å². The maximum Gasteiger partial charge on any atom is 0.222 e. The Kier molecular flexibility index (Phi) is 5.99. The van der Waals surface area contributed by atoms with Crippen LogP contribution in [0, 0.1) is 17.2 Å². The quantitative estimate of drug-likeness (QED) is 0.803. The van der Waals surface area contributed by atoms with E-state index >= 15 is 0 Å². The third-order valence-corrected chi connectivity index (χ3v) is 6.77.